The van der Waals surface area contributed by atoms with Crippen LogP contribution in [0, 0.1) is 13.8 Å². The third-order valence-corrected chi connectivity index (χ3v) is 5.65. The second-order valence-electron chi connectivity index (χ2n) is 6.41. The lowest BCUT2D eigenvalue weighted by Gasteiger charge is -2.14. The molecule has 1 fully saturated rings. The lowest BCUT2D eigenvalue weighted by molar-refractivity contribution is 0.0940. The minimum Gasteiger partial charge on any atom is -0.496 e. The number of amides is 1. The molecule has 1 aliphatic rings. The fraction of sp³-hybridized carbons (Fsp3) is 0.421. The average Bonchev–Trinajstić information content (AvgIpc) is 3.14. The van der Waals surface area contributed by atoms with Crippen molar-refractivity contribution in [2.45, 2.75) is 45.6 Å². The predicted octanol–water partition coefficient (Wildman–Crippen LogP) is 4.30. The zero-order valence-electron chi connectivity index (χ0n) is 14.4. The van der Waals surface area contributed by atoms with E-state index in [1.54, 1.807) is 7.11 Å². The van der Waals surface area contributed by atoms with Crippen LogP contribution in [0.4, 0.5) is 5.00 Å². The number of nitrogens with two attached hydrogens (primary N) is 1. The summed E-state index contributed by atoms with van der Waals surface area (Å²) in [7, 11) is 1.66. The first-order valence-corrected chi connectivity index (χ1v) is 9.17. The summed E-state index contributed by atoms with van der Waals surface area (Å²) in [5.41, 5.74) is 9.80. The van der Waals surface area contributed by atoms with E-state index in [4.69, 9.17) is 10.5 Å². The van der Waals surface area contributed by atoms with Crippen LogP contribution in [0.1, 0.15) is 46.5 Å². The Morgan fingerprint density at radius 2 is 2.00 bits per heavy atom. The smallest absolute Gasteiger partial charge is 0.255 e. The summed E-state index contributed by atoms with van der Waals surface area (Å²) in [6.07, 6.45) is 4.50. The maximum Gasteiger partial charge on any atom is 0.255 e. The SMILES string of the molecule is COc1ccc(-c2c(C)sc(N)c2C(=O)NC2CCCC2)cc1C. The molecule has 1 heterocycles. The van der Waals surface area contributed by atoms with E-state index in [1.165, 1.54) is 24.2 Å². The number of ether oxygens (including phenoxy) is 1. The van der Waals surface area contributed by atoms with Crippen LogP contribution in [0.3, 0.4) is 0 Å². The van der Waals surface area contributed by atoms with E-state index >= 15 is 0 Å². The van der Waals surface area contributed by atoms with Gasteiger partial charge in [0.25, 0.3) is 5.91 Å². The number of aryl methyl sites for hydroxylation is 2. The zero-order valence-corrected chi connectivity index (χ0v) is 15.3. The number of carbonyl (C=O) groups is 1. The van der Waals surface area contributed by atoms with Crippen LogP contribution in [-0.2, 0) is 0 Å². The van der Waals surface area contributed by atoms with Gasteiger partial charge in [-0.15, -0.1) is 11.3 Å². The number of nitrogens with one attached hydrogen (secondary N) is 1. The largest absolute Gasteiger partial charge is 0.496 e. The number of anilines is 1. The summed E-state index contributed by atoms with van der Waals surface area (Å²) in [5.74, 6) is 0.795. The lowest BCUT2D eigenvalue weighted by atomic mass is 9.98. The normalized spacial score (nSPS) is 14.8. The molecule has 0 aliphatic heterocycles. The standard InChI is InChI=1S/C19H24N2O2S/c1-11-10-13(8-9-15(11)23-3)16-12(2)24-18(20)17(16)19(22)21-14-6-4-5-7-14/h8-10,14H,4-7,20H2,1-3H3,(H,21,22). The van der Waals surface area contributed by atoms with Crippen molar-refractivity contribution in [1.29, 1.82) is 0 Å². The summed E-state index contributed by atoms with van der Waals surface area (Å²) >= 11 is 1.48. The predicted molar refractivity (Wildman–Crippen MR) is 99.9 cm³/mol. The van der Waals surface area contributed by atoms with Crippen LogP contribution in [0.15, 0.2) is 18.2 Å². The molecular formula is C19H24N2O2S. The van der Waals surface area contributed by atoms with Gasteiger partial charge in [0.15, 0.2) is 0 Å². The lowest BCUT2D eigenvalue weighted by Crippen LogP contribution is -2.33. The number of hydrogen-bond donors (Lipinski definition) is 2. The van der Waals surface area contributed by atoms with Gasteiger partial charge in [0, 0.05) is 16.5 Å². The van der Waals surface area contributed by atoms with E-state index in [0.717, 1.165) is 40.2 Å². The van der Waals surface area contributed by atoms with Gasteiger partial charge >= 0.3 is 0 Å². The van der Waals surface area contributed by atoms with Gasteiger partial charge in [-0.25, -0.2) is 0 Å². The van der Waals surface area contributed by atoms with Crippen LogP contribution in [0.25, 0.3) is 11.1 Å². The molecule has 1 aromatic carbocycles. The van der Waals surface area contributed by atoms with E-state index in [-0.39, 0.29) is 11.9 Å². The first kappa shape index (κ1) is 16.8. The summed E-state index contributed by atoms with van der Waals surface area (Å²) in [6, 6.07) is 6.27. The quantitative estimate of drug-likeness (QED) is 0.869. The van der Waals surface area contributed by atoms with Gasteiger partial charge in [0.05, 0.1) is 17.7 Å². The topological polar surface area (TPSA) is 64.3 Å². The molecule has 2 aromatic rings. The molecule has 5 heteroatoms. The Hall–Kier alpha value is -2.01. The number of nitrogen functional groups attached to an aromatic ring is 1. The van der Waals surface area contributed by atoms with Gasteiger partial charge in [-0.2, -0.15) is 0 Å². The van der Waals surface area contributed by atoms with Crippen molar-refractivity contribution in [3.05, 3.63) is 34.2 Å². The van der Waals surface area contributed by atoms with E-state index in [1.807, 2.05) is 26.0 Å². The summed E-state index contributed by atoms with van der Waals surface area (Å²) in [6.45, 7) is 4.02. The van der Waals surface area contributed by atoms with Crippen molar-refractivity contribution in [2.24, 2.45) is 0 Å². The molecule has 0 bridgehead atoms. The van der Waals surface area contributed by atoms with E-state index < -0.39 is 0 Å². The molecule has 0 unspecified atom stereocenters. The Bertz CT molecular complexity index is 761. The molecule has 1 aliphatic carbocycles. The average molecular weight is 344 g/mol. The highest BCUT2D eigenvalue weighted by molar-refractivity contribution is 7.16. The summed E-state index contributed by atoms with van der Waals surface area (Å²) in [4.78, 5) is 13.9. The third kappa shape index (κ3) is 3.13. The van der Waals surface area contributed by atoms with Crippen molar-refractivity contribution in [3.8, 4) is 16.9 Å². The molecule has 4 nitrogen and oxygen atoms in total. The number of benzene rings is 1. The zero-order chi connectivity index (χ0) is 17.3. The van der Waals surface area contributed by atoms with Crippen molar-refractivity contribution in [3.63, 3.8) is 0 Å². The second kappa shape index (κ2) is 6.85. The van der Waals surface area contributed by atoms with Gasteiger partial charge in [-0.3, -0.25) is 4.79 Å². The van der Waals surface area contributed by atoms with E-state index in [9.17, 15) is 4.79 Å². The van der Waals surface area contributed by atoms with Gasteiger partial charge in [0.1, 0.15) is 5.75 Å². The molecule has 3 N–H and O–H groups in total. The van der Waals surface area contributed by atoms with Crippen LogP contribution >= 0.6 is 11.3 Å². The molecule has 0 spiro atoms. The molecular weight excluding hydrogens is 320 g/mol. The first-order valence-electron chi connectivity index (χ1n) is 8.36. The Kier molecular flexibility index (Phi) is 4.81. The molecule has 0 atom stereocenters. The van der Waals surface area contributed by atoms with Crippen LogP contribution in [-0.4, -0.2) is 19.1 Å². The Labute approximate surface area is 147 Å². The minimum absolute atomic E-state index is 0.0489. The number of hydrogen-bond acceptors (Lipinski definition) is 4. The summed E-state index contributed by atoms with van der Waals surface area (Å²) < 4.78 is 5.34. The minimum atomic E-state index is -0.0489. The highest BCUT2D eigenvalue weighted by atomic mass is 32.1. The van der Waals surface area contributed by atoms with Gasteiger partial charge < -0.3 is 15.8 Å². The molecule has 0 radical (unpaired) electrons. The molecule has 1 amide bonds. The monoisotopic (exact) mass is 344 g/mol. The molecule has 1 saturated carbocycles. The molecule has 1 aromatic heterocycles. The van der Waals surface area contributed by atoms with Crippen molar-refractivity contribution in [2.75, 3.05) is 12.8 Å². The first-order chi connectivity index (χ1) is 11.5. The maximum atomic E-state index is 12.8. The maximum absolute atomic E-state index is 12.8. The molecule has 128 valence electrons. The van der Waals surface area contributed by atoms with Crippen LogP contribution in [0.5, 0.6) is 5.75 Å². The Balaban J connectivity index is 1.98. The number of thiophene rings is 1. The fourth-order valence-corrected chi connectivity index (χ4v) is 4.45. The van der Waals surface area contributed by atoms with Gasteiger partial charge in [-0.1, -0.05) is 18.9 Å². The van der Waals surface area contributed by atoms with Gasteiger partial charge in [0.2, 0.25) is 0 Å². The number of methoxy groups -OCH3 is 1. The van der Waals surface area contributed by atoms with Crippen molar-refractivity contribution >= 4 is 22.2 Å². The number of rotatable bonds is 4. The van der Waals surface area contributed by atoms with E-state index in [0.29, 0.717) is 10.6 Å². The highest BCUT2D eigenvalue weighted by Gasteiger charge is 2.25. The Morgan fingerprint density at radius 1 is 1.29 bits per heavy atom. The van der Waals surface area contributed by atoms with Crippen molar-refractivity contribution in [1.82, 2.24) is 5.32 Å². The molecule has 24 heavy (non-hydrogen) atoms. The fourth-order valence-electron chi connectivity index (χ4n) is 3.50. The molecule has 0 saturated heterocycles. The van der Waals surface area contributed by atoms with Crippen LogP contribution < -0.4 is 15.8 Å². The second-order valence-corrected chi connectivity index (χ2v) is 7.67. The third-order valence-electron chi connectivity index (χ3n) is 4.71. The van der Waals surface area contributed by atoms with Crippen molar-refractivity contribution < 1.29 is 9.53 Å². The van der Waals surface area contributed by atoms with Crippen LogP contribution in [0.2, 0.25) is 0 Å². The number of carbonyl (C=O) groups excluding carboxylic acids is 1. The molecule has 3 rings (SSSR count). The highest BCUT2D eigenvalue weighted by Crippen LogP contribution is 2.39. The Morgan fingerprint density at radius 3 is 2.62 bits per heavy atom. The summed E-state index contributed by atoms with van der Waals surface area (Å²) in [5, 5.41) is 3.75. The van der Waals surface area contributed by atoms with E-state index in [2.05, 4.69) is 11.4 Å². The van der Waals surface area contributed by atoms with Gasteiger partial charge in [-0.05, 0) is 49.9 Å².